The number of aromatic nitrogens is 2. The minimum Gasteiger partial charge on any atom is -0.496 e. The van der Waals surface area contributed by atoms with Gasteiger partial charge in [0, 0.05) is 7.05 Å². The van der Waals surface area contributed by atoms with E-state index < -0.39 is 5.63 Å². The summed E-state index contributed by atoms with van der Waals surface area (Å²) in [5.41, 5.74) is 0.108. The Morgan fingerprint density at radius 2 is 1.91 bits per heavy atom. The van der Waals surface area contributed by atoms with Crippen LogP contribution in [0, 0.1) is 0 Å². The number of carbonyl (C=O) groups excluding carboxylic acids is 1. The van der Waals surface area contributed by atoms with Crippen molar-refractivity contribution in [2.75, 3.05) is 21.3 Å². The predicted molar refractivity (Wildman–Crippen MR) is 75.8 cm³/mol. The van der Waals surface area contributed by atoms with Gasteiger partial charge >= 0.3 is 11.3 Å². The Balaban J connectivity index is 2.34. The zero-order valence-electron chi connectivity index (χ0n) is 12.9. The van der Waals surface area contributed by atoms with Crippen LogP contribution in [0.3, 0.4) is 0 Å². The van der Waals surface area contributed by atoms with Crippen molar-refractivity contribution >= 4 is 5.91 Å². The summed E-state index contributed by atoms with van der Waals surface area (Å²) in [4.78, 5) is 25.6. The molecule has 1 aromatic carbocycles. The molecule has 0 aliphatic heterocycles. The van der Waals surface area contributed by atoms with Crippen LogP contribution < -0.4 is 19.8 Å². The zero-order chi connectivity index (χ0) is 16.3. The lowest BCUT2D eigenvalue weighted by Gasteiger charge is -2.18. The number of methoxy groups -OCH3 is 2. The van der Waals surface area contributed by atoms with Gasteiger partial charge in [0.05, 0.1) is 14.2 Å². The Hall–Kier alpha value is -2.77. The topological polar surface area (TPSA) is 88.7 Å². The number of aryl methyl sites for hydroxylation is 1. The Morgan fingerprint density at radius 1 is 1.32 bits per heavy atom. The number of amides is 1. The molecule has 1 heterocycles. The van der Waals surface area contributed by atoms with Gasteiger partial charge < -0.3 is 14.4 Å². The zero-order valence-corrected chi connectivity index (χ0v) is 12.9. The molecular weight excluding hydrogens is 290 g/mol. The van der Waals surface area contributed by atoms with E-state index in [0.717, 1.165) is 0 Å². The largest absolute Gasteiger partial charge is 0.496 e. The second kappa shape index (κ2) is 6.33. The second-order valence-electron chi connectivity index (χ2n) is 4.69. The molecule has 0 bridgehead atoms. The fourth-order valence-corrected chi connectivity index (χ4v) is 2.08. The molecule has 0 saturated carbocycles. The fraction of sp³-hybridized carbons (Fsp3) is 0.357. The van der Waals surface area contributed by atoms with Gasteiger partial charge in [-0.25, -0.2) is 4.79 Å². The maximum atomic E-state index is 12.7. The molecule has 22 heavy (non-hydrogen) atoms. The molecule has 0 radical (unpaired) electrons. The standard InChI is InChI=1S/C14H17N3O5/c1-16(8-9-14(19)22-15-17(9)2)13(18)12-10(20-3)6-5-7-11(12)21-4/h5-7H,8H2,1-4H3/p+1. The van der Waals surface area contributed by atoms with Crippen molar-refractivity contribution < 1.29 is 23.5 Å². The molecule has 0 unspecified atom stereocenters. The number of nitrogens with one attached hydrogen (secondary N) is 1. The van der Waals surface area contributed by atoms with E-state index in [1.165, 1.54) is 23.8 Å². The highest BCUT2D eigenvalue weighted by atomic mass is 16.5. The highest BCUT2D eigenvalue weighted by Gasteiger charge is 2.26. The first-order valence-electron chi connectivity index (χ1n) is 6.52. The Kier molecular flexibility index (Phi) is 4.50. The Labute approximate surface area is 126 Å². The molecule has 2 rings (SSSR count). The molecule has 1 aromatic heterocycles. The second-order valence-corrected chi connectivity index (χ2v) is 4.69. The van der Waals surface area contributed by atoms with Gasteiger partial charge in [-0.2, -0.15) is 0 Å². The summed E-state index contributed by atoms with van der Waals surface area (Å²) in [5, 5.41) is 2.41. The Morgan fingerprint density at radius 3 is 2.36 bits per heavy atom. The summed E-state index contributed by atoms with van der Waals surface area (Å²) in [5.74, 6) is 0.484. The van der Waals surface area contributed by atoms with Crippen molar-refractivity contribution in [3.63, 3.8) is 0 Å². The van der Waals surface area contributed by atoms with Crippen LogP contribution in [0.2, 0.25) is 0 Å². The molecule has 0 aliphatic carbocycles. The molecule has 0 aliphatic rings. The van der Waals surface area contributed by atoms with Gasteiger partial charge in [-0.1, -0.05) is 10.7 Å². The average molecular weight is 308 g/mol. The average Bonchev–Trinajstić information content (AvgIpc) is 2.85. The van der Waals surface area contributed by atoms with Gasteiger partial charge in [0.15, 0.2) is 7.05 Å². The third-order valence-electron chi connectivity index (χ3n) is 3.29. The van der Waals surface area contributed by atoms with Crippen molar-refractivity contribution in [1.82, 2.24) is 10.2 Å². The summed E-state index contributed by atoms with van der Waals surface area (Å²) >= 11 is 0. The molecule has 0 atom stereocenters. The third-order valence-corrected chi connectivity index (χ3v) is 3.29. The molecule has 1 amide bonds. The van der Waals surface area contributed by atoms with Gasteiger partial charge in [-0.15, -0.1) is 0 Å². The van der Waals surface area contributed by atoms with Crippen LogP contribution in [0.15, 0.2) is 27.5 Å². The summed E-state index contributed by atoms with van der Waals surface area (Å²) in [6.07, 6.45) is 0. The lowest BCUT2D eigenvalue weighted by molar-refractivity contribution is -0.746. The molecule has 0 spiro atoms. The van der Waals surface area contributed by atoms with Crippen LogP contribution in [-0.2, 0) is 13.6 Å². The first-order chi connectivity index (χ1) is 10.5. The molecule has 0 fully saturated rings. The number of carbonyl (C=O) groups is 1. The van der Waals surface area contributed by atoms with Gasteiger partial charge in [-0.05, 0) is 17.4 Å². The van der Waals surface area contributed by atoms with E-state index in [-0.39, 0.29) is 12.5 Å². The predicted octanol–water partition coefficient (Wildman–Crippen LogP) is 0.0818. The lowest BCUT2D eigenvalue weighted by Crippen LogP contribution is -2.40. The highest BCUT2D eigenvalue weighted by molar-refractivity contribution is 5.99. The molecular formula is C14H18N3O5+. The number of rotatable bonds is 5. The van der Waals surface area contributed by atoms with Crippen molar-refractivity contribution in [3.05, 3.63) is 39.9 Å². The lowest BCUT2D eigenvalue weighted by atomic mass is 10.1. The number of benzene rings is 1. The van der Waals surface area contributed by atoms with E-state index in [1.807, 2.05) is 0 Å². The van der Waals surface area contributed by atoms with E-state index in [2.05, 4.69) is 9.79 Å². The van der Waals surface area contributed by atoms with Crippen LogP contribution in [0.25, 0.3) is 0 Å². The van der Waals surface area contributed by atoms with E-state index in [0.29, 0.717) is 22.8 Å². The van der Waals surface area contributed by atoms with Crippen LogP contribution >= 0.6 is 0 Å². The number of ether oxygens (including phenoxy) is 2. The number of nitrogens with zero attached hydrogens (tertiary/aromatic N) is 2. The quantitative estimate of drug-likeness (QED) is 0.790. The van der Waals surface area contributed by atoms with Crippen LogP contribution in [0.1, 0.15) is 16.1 Å². The number of hydrogen-bond acceptors (Lipinski definition) is 5. The number of H-pyrrole nitrogens is 1. The first kappa shape index (κ1) is 15.6. The summed E-state index contributed by atoms with van der Waals surface area (Å²) in [6, 6.07) is 5.08. The van der Waals surface area contributed by atoms with Crippen LogP contribution in [0.4, 0.5) is 0 Å². The normalized spacial score (nSPS) is 10.4. The van der Waals surface area contributed by atoms with Gasteiger partial charge in [-0.3, -0.25) is 9.32 Å². The number of aromatic amines is 1. The minimum absolute atomic E-state index is 0.0857. The molecule has 0 saturated heterocycles. The van der Waals surface area contributed by atoms with Gasteiger partial charge in [0.1, 0.15) is 23.6 Å². The smallest absolute Gasteiger partial charge is 0.431 e. The van der Waals surface area contributed by atoms with Crippen molar-refractivity contribution in [3.8, 4) is 11.5 Å². The third kappa shape index (κ3) is 2.80. The van der Waals surface area contributed by atoms with Crippen LogP contribution in [-0.4, -0.2) is 37.3 Å². The summed E-state index contributed by atoms with van der Waals surface area (Å²) in [6.45, 7) is 0.0857. The molecule has 2 aromatic rings. The molecule has 8 heteroatoms. The van der Waals surface area contributed by atoms with Crippen molar-refractivity contribution in [1.29, 1.82) is 0 Å². The SMILES string of the molecule is COc1cccc(OC)c1C(=O)N(C)Cc1c(=O)o[nH][n+]1C. The molecule has 118 valence electrons. The fourth-order valence-electron chi connectivity index (χ4n) is 2.08. The van der Waals surface area contributed by atoms with E-state index in [4.69, 9.17) is 9.47 Å². The Bertz CT molecular complexity index is 712. The van der Waals surface area contributed by atoms with E-state index in [1.54, 1.807) is 32.3 Å². The molecule has 1 N–H and O–H groups in total. The van der Waals surface area contributed by atoms with Crippen molar-refractivity contribution in [2.45, 2.75) is 6.54 Å². The van der Waals surface area contributed by atoms with Gasteiger partial charge in [0.25, 0.3) is 5.91 Å². The van der Waals surface area contributed by atoms with Gasteiger partial charge in [0.2, 0.25) is 0 Å². The van der Waals surface area contributed by atoms with E-state index in [9.17, 15) is 9.59 Å². The minimum atomic E-state index is -0.519. The van der Waals surface area contributed by atoms with Crippen molar-refractivity contribution in [2.24, 2.45) is 7.05 Å². The van der Waals surface area contributed by atoms with Crippen LogP contribution in [0.5, 0.6) is 11.5 Å². The monoisotopic (exact) mass is 308 g/mol. The first-order valence-corrected chi connectivity index (χ1v) is 6.52. The van der Waals surface area contributed by atoms with E-state index >= 15 is 0 Å². The molecule has 8 nitrogen and oxygen atoms in total. The number of hydrogen-bond donors (Lipinski definition) is 1. The highest BCUT2D eigenvalue weighted by Crippen LogP contribution is 2.29. The maximum absolute atomic E-state index is 12.7. The summed E-state index contributed by atoms with van der Waals surface area (Å²) in [7, 11) is 6.17. The maximum Gasteiger partial charge on any atom is 0.431 e. The summed E-state index contributed by atoms with van der Waals surface area (Å²) < 4.78 is 16.5.